The van der Waals surface area contributed by atoms with Crippen molar-refractivity contribution in [2.24, 2.45) is 5.92 Å². The standard InChI is InChI=1S/C31H29N5O/c37-31(22-12-13-22)35-17-5-8-25(20-35)33-29-19-26(15-16-32-29)36-28-10-4-3-9-27(28)34-30(36)24-14-11-21-6-1-2-7-23(21)18-24/h1-4,6-7,9-11,14-16,18-19,22,25H,5,8,12-13,17,20H2,(H,32,33)/t25-/m1/s1. The van der Waals surface area contributed by atoms with Crippen LogP contribution in [0, 0.1) is 5.92 Å². The molecular weight excluding hydrogens is 458 g/mol. The van der Waals surface area contributed by atoms with Gasteiger partial charge in [-0.25, -0.2) is 9.97 Å². The second-order valence-corrected chi connectivity index (χ2v) is 10.3. The van der Waals surface area contributed by atoms with Crippen LogP contribution in [0.1, 0.15) is 25.7 Å². The highest BCUT2D eigenvalue weighted by molar-refractivity contribution is 5.89. The number of nitrogens with zero attached hydrogens (tertiary/aromatic N) is 4. The number of anilines is 1. The molecule has 0 spiro atoms. The van der Waals surface area contributed by atoms with Gasteiger partial charge in [0, 0.05) is 42.9 Å². The van der Waals surface area contributed by atoms with Gasteiger partial charge in [0.1, 0.15) is 11.6 Å². The molecule has 37 heavy (non-hydrogen) atoms. The third-order valence-electron chi connectivity index (χ3n) is 7.58. The van der Waals surface area contributed by atoms with Crippen LogP contribution in [0.2, 0.25) is 0 Å². The van der Waals surface area contributed by atoms with Gasteiger partial charge in [-0.1, -0.05) is 48.5 Å². The Labute approximate surface area is 216 Å². The Bertz CT molecular complexity index is 1620. The van der Waals surface area contributed by atoms with E-state index in [1.54, 1.807) is 0 Å². The van der Waals surface area contributed by atoms with Crippen molar-refractivity contribution in [3.8, 4) is 17.1 Å². The number of fused-ring (bicyclic) bond motifs is 2. The average molecular weight is 488 g/mol. The number of carbonyl (C=O) groups excluding carboxylic acids is 1. The zero-order valence-corrected chi connectivity index (χ0v) is 20.7. The zero-order chi connectivity index (χ0) is 24.8. The molecule has 2 aromatic heterocycles. The van der Waals surface area contributed by atoms with E-state index in [-0.39, 0.29) is 12.0 Å². The summed E-state index contributed by atoms with van der Waals surface area (Å²) in [6.07, 6.45) is 6.02. The predicted octanol–water partition coefficient (Wildman–Crippen LogP) is 6.05. The van der Waals surface area contributed by atoms with Gasteiger partial charge < -0.3 is 10.2 Å². The summed E-state index contributed by atoms with van der Waals surface area (Å²) in [5.41, 5.74) is 4.10. The SMILES string of the molecule is O=C(C1CC1)N1CCC[C@@H](Nc2cc(-n3c(-c4ccc5ccccc5c4)nc4ccccc43)ccn2)C1. The van der Waals surface area contributed by atoms with Crippen molar-refractivity contribution in [3.05, 3.63) is 85.1 Å². The Kier molecular flexibility index (Phi) is 5.38. The molecule has 1 N–H and O–H groups in total. The van der Waals surface area contributed by atoms with E-state index in [4.69, 9.17) is 4.98 Å². The van der Waals surface area contributed by atoms with Crippen LogP contribution >= 0.6 is 0 Å². The lowest BCUT2D eigenvalue weighted by Crippen LogP contribution is -2.45. The molecule has 1 aliphatic carbocycles. The second-order valence-electron chi connectivity index (χ2n) is 10.3. The van der Waals surface area contributed by atoms with Gasteiger partial charge >= 0.3 is 0 Å². The summed E-state index contributed by atoms with van der Waals surface area (Å²) in [5, 5.41) is 6.03. The number of benzene rings is 3. The molecule has 1 saturated carbocycles. The van der Waals surface area contributed by atoms with Gasteiger partial charge in [-0.15, -0.1) is 0 Å². The highest BCUT2D eigenvalue weighted by Gasteiger charge is 2.35. The van der Waals surface area contributed by atoms with Crippen LogP contribution in [0.3, 0.4) is 0 Å². The maximum Gasteiger partial charge on any atom is 0.225 e. The minimum absolute atomic E-state index is 0.207. The van der Waals surface area contributed by atoms with Gasteiger partial charge in [-0.3, -0.25) is 9.36 Å². The molecule has 6 heteroatoms. The molecule has 1 saturated heterocycles. The van der Waals surface area contributed by atoms with E-state index in [9.17, 15) is 4.79 Å². The predicted molar refractivity (Wildman–Crippen MR) is 148 cm³/mol. The zero-order valence-electron chi connectivity index (χ0n) is 20.7. The number of hydrogen-bond donors (Lipinski definition) is 1. The first-order chi connectivity index (χ1) is 18.2. The fourth-order valence-electron chi connectivity index (χ4n) is 5.54. The van der Waals surface area contributed by atoms with Crippen LogP contribution in [0.15, 0.2) is 85.1 Å². The van der Waals surface area contributed by atoms with Crippen molar-refractivity contribution in [2.45, 2.75) is 31.7 Å². The van der Waals surface area contributed by atoms with E-state index in [1.807, 2.05) is 23.2 Å². The Morgan fingerprint density at radius 2 is 1.73 bits per heavy atom. The summed E-state index contributed by atoms with van der Waals surface area (Å²) < 4.78 is 2.22. The van der Waals surface area contributed by atoms with E-state index in [0.29, 0.717) is 5.91 Å². The van der Waals surface area contributed by atoms with Crippen molar-refractivity contribution >= 4 is 33.5 Å². The van der Waals surface area contributed by atoms with Crippen molar-refractivity contribution in [2.75, 3.05) is 18.4 Å². The Morgan fingerprint density at radius 1 is 0.892 bits per heavy atom. The lowest BCUT2D eigenvalue weighted by Gasteiger charge is -2.33. The molecule has 2 aliphatic rings. The lowest BCUT2D eigenvalue weighted by atomic mass is 10.0. The molecule has 0 bridgehead atoms. The smallest absolute Gasteiger partial charge is 0.225 e. The van der Waals surface area contributed by atoms with Gasteiger partial charge in [-0.05, 0) is 60.7 Å². The maximum atomic E-state index is 12.6. The fraction of sp³-hybridized carbons (Fsp3) is 0.258. The first kappa shape index (κ1) is 22.0. The number of amides is 1. The van der Waals surface area contributed by atoms with Crippen molar-refractivity contribution in [1.82, 2.24) is 19.4 Å². The number of rotatable bonds is 5. The van der Waals surface area contributed by atoms with Crippen LogP contribution in [0.5, 0.6) is 0 Å². The molecule has 1 atom stereocenters. The maximum absolute atomic E-state index is 12.6. The third kappa shape index (κ3) is 4.22. The molecule has 1 aliphatic heterocycles. The average Bonchev–Trinajstić information content (AvgIpc) is 3.72. The summed E-state index contributed by atoms with van der Waals surface area (Å²) in [5.74, 6) is 2.33. The molecule has 0 radical (unpaired) electrons. The molecule has 6 nitrogen and oxygen atoms in total. The first-order valence-electron chi connectivity index (χ1n) is 13.2. The third-order valence-corrected chi connectivity index (χ3v) is 7.58. The van der Waals surface area contributed by atoms with E-state index < -0.39 is 0 Å². The summed E-state index contributed by atoms with van der Waals surface area (Å²) >= 11 is 0. The molecule has 3 heterocycles. The van der Waals surface area contributed by atoms with Crippen LogP contribution in [0.4, 0.5) is 5.82 Å². The lowest BCUT2D eigenvalue weighted by molar-refractivity contribution is -0.133. The number of aromatic nitrogens is 3. The van der Waals surface area contributed by atoms with Crippen molar-refractivity contribution in [3.63, 3.8) is 0 Å². The Hall–Kier alpha value is -4.19. The fourth-order valence-corrected chi connectivity index (χ4v) is 5.54. The van der Waals surface area contributed by atoms with E-state index in [2.05, 4.69) is 81.6 Å². The largest absolute Gasteiger partial charge is 0.365 e. The molecule has 3 aromatic carbocycles. The molecule has 1 amide bonds. The first-order valence-corrected chi connectivity index (χ1v) is 13.2. The van der Waals surface area contributed by atoms with E-state index in [0.717, 1.165) is 72.7 Å². The van der Waals surface area contributed by atoms with Crippen molar-refractivity contribution < 1.29 is 4.79 Å². The highest BCUT2D eigenvalue weighted by atomic mass is 16.2. The van der Waals surface area contributed by atoms with Crippen LogP contribution < -0.4 is 5.32 Å². The number of para-hydroxylation sites is 2. The van der Waals surface area contributed by atoms with Gasteiger partial charge in [0.25, 0.3) is 0 Å². The monoisotopic (exact) mass is 487 g/mol. The van der Waals surface area contributed by atoms with Crippen LogP contribution in [-0.2, 0) is 4.79 Å². The minimum atomic E-state index is 0.207. The van der Waals surface area contributed by atoms with Gasteiger partial charge in [0.2, 0.25) is 5.91 Å². The highest BCUT2D eigenvalue weighted by Crippen LogP contribution is 2.33. The second kappa shape index (κ2) is 9.04. The van der Waals surface area contributed by atoms with E-state index >= 15 is 0 Å². The van der Waals surface area contributed by atoms with Gasteiger partial charge in [-0.2, -0.15) is 0 Å². The van der Waals surface area contributed by atoms with E-state index in [1.165, 1.54) is 10.8 Å². The molecular formula is C31H29N5O. The van der Waals surface area contributed by atoms with Crippen LogP contribution in [-0.4, -0.2) is 44.5 Å². The summed E-state index contributed by atoms with van der Waals surface area (Å²) in [6.45, 7) is 1.62. The number of nitrogens with one attached hydrogen (secondary N) is 1. The summed E-state index contributed by atoms with van der Waals surface area (Å²) in [7, 11) is 0. The van der Waals surface area contributed by atoms with Crippen molar-refractivity contribution in [1.29, 1.82) is 0 Å². The quantitative estimate of drug-likeness (QED) is 0.328. The molecule has 184 valence electrons. The number of likely N-dealkylation sites (tertiary alicyclic amines) is 1. The molecule has 5 aromatic rings. The Morgan fingerprint density at radius 3 is 2.62 bits per heavy atom. The number of carbonyl (C=O) groups is 1. The summed E-state index contributed by atoms with van der Waals surface area (Å²) in [6, 6.07) is 27.5. The van der Waals surface area contributed by atoms with Crippen LogP contribution in [0.25, 0.3) is 38.9 Å². The molecule has 2 fully saturated rings. The number of pyridine rings is 1. The Balaban J connectivity index is 1.24. The number of piperidine rings is 1. The minimum Gasteiger partial charge on any atom is -0.365 e. The molecule has 0 unspecified atom stereocenters. The summed E-state index contributed by atoms with van der Waals surface area (Å²) in [4.78, 5) is 24.3. The van der Waals surface area contributed by atoms with Gasteiger partial charge in [0.15, 0.2) is 0 Å². The number of imidazole rings is 1. The topological polar surface area (TPSA) is 63.1 Å². The molecule has 7 rings (SSSR count). The normalized spacial score (nSPS) is 17.8. The number of hydrogen-bond acceptors (Lipinski definition) is 4. The van der Waals surface area contributed by atoms with Gasteiger partial charge in [0.05, 0.1) is 16.7 Å².